The van der Waals surface area contributed by atoms with Crippen LogP contribution in [0.4, 0.5) is 0 Å². The zero-order chi connectivity index (χ0) is 11.2. The maximum Gasteiger partial charge on any atom is 0.246 e. The van der Waals surface area contributed by atoms with Crippen LogP contribution in [-0.2, 0) is 4.79 Å². The van der Waals surface area contributed by atoms with E-state index in [0.717, 1.165) is 0 Å². The molecule has 4 heteroatoms. The molecular formula is C10H19NO3. The quantitative estimate of drug-likeness (QED) is 0.532. The van der Waals surface area contributed by atoms with E-state index in [1.807, 2.05) is 6.92 Å². The Hall–Kier alpha value is -0.870. The third kappa shape index (κ3) is 3.47. The molecule has 1 amide bonds. The molecule has 0 atom stereocenters. The van der Waals surface area contributed by atoms with E-state index in [2.05, 4.69) is 11.9 Å². The summed E-state index contributed by atoms with van der Waals surface area (Å²) in [6.07, 6.45) is 0.608. The minimum absolute atomic E-state index is 0.142. The first-order valence-electron chi connectivity index (χ1n) is 4.67. The number of hydrogen-bond donors (Lipinski definition) is 3. The predicted molar refractivity (Wildman–Crippen MR) is 54.7 cm³/mol. The van der Waals surface area contributed by atoms with E-state index in [4.69, 9.17) is 10.2 Å². The van der Waals surface area contributed by atoms with Gasteiger partial charge >= 0.3 is 0 Å². The van der Waals surface area contributed by atoms with Gasteiger partial charge in [0.2, 0.25) is 5.91 Å². The molecular weight excluding hydrogens is 182 g/mol. The van der Waals surface area contributed by atoms with Crippen molar-refractivity contribution in [2.45, 2.75) is 20.3 Å². The smallest absolute Gasteiger partial charge is 0.246 e. The molecule has 0 aliphatic carbocycles. The third-order valence-corrected chi connectivity index (χ3v) is 2.43. The Morgan fingerprint density at radius 2 is 1.93 bits per heavy atom. The first-order chi connectivity index (χ1) is 6.51. The largest absolute Gasteiger partial charge is 0.396 e. The zero-order valence-corrected chi connectivity index (χ0v) is 8.84. The van der Waals surface area contributed by atoms with Crippen molar-refractivity contribution in [3.63, 3.8) is 0 Å². The molecule has 4 nitrogen and oxygen atoms in total. The first-order valence-corrected chi connectivity index (χ1v) is 4.67. The van der Waals surface area contributed by atoms with Gasteiger partial charge in [-0.3, -0.25) is 4.79 Å². The summed E-state index contributed by atoms with van der Waals surface area (Å²) in [5.74, 6) is -0.246. The molecule has 82 valence electrons. The standard InChI is InChI=1S/C10H19NO3/c1-4-10(6-12,7-13)5-11-9(14)8(2)3/h12-13H,2,4-7H2,1,3H3,(H,11,14). The lowest BCUT2D eigenvalue weighted by molar-refractivity contribution is -0.118. The molecule has 0 bridgehead atoms. The van der Waals surface area contributed by atoms with Gasteiger partial charge < -0.3 is 15.5 Å². The number of rotatable bonds is 6. The Bertz CT molecular complexity index is 201. The molecule has 0 aliphatic rings. The second kappa shape index (κ2) is 5.78. The first kappa shape index (κ1) is 13.1. The average Bonchev–Trinajstić information content (AvgIpc) is 2.20. The number of aliphatic hydroxyl groups is 2. The van der Waals surface area contributed by atoms with Crippen LogP contribution in [0, 0.1) is 5.41 Å². The van der Waals surface area contributed by atoms with Crippen LogP contribution in [0.2, 0.25) is 0 Å². The molecule has 0 spiro atoms. The summed E-state index contributed by atoms with van der Waals surface area (Å²) in [5, 5.41) is 20.8. The highest BCUT2D eigenvalue weighted by atomic mass is 16.3. The van der Waals surface area contributed by atoms with E-state index in [-0.39, 0.29) is 25.7 Å². The minimum Gasteiger partial charge on any atom is -0.396 e. The SMILES string of the molecule is C=C(C)C(=O)NCC(CC)(CO)CO. The van der Waals surface area contributed by atoms with E-state index < -0.39 is 5.41 Å². The second-order valence-electron chi connectivity index (χ2n) is 3.63. The van der Waals surface area contributed by atoms with Crippen LogP contribution in [-0.4, -0.2) is 35.9 Å². The lowest BCUT2D eigenvalue weighted by Gasteiger charge is -2.28. The summed E-state index contributed by atoms with van der Waals surface area (Å²) in [6, 6.07) is 0. The lowest BCUT2D eigenvalue weighted by atomic mass is 9.87. The predicted octanol–water partition coefficient (Wildman–Crippen LogP) is 0.0597. The van der Waals surface area contributed by atoms with Gasteiger partial charge in [-0.05, 0) is 13.3 Å². The average molecular weight is 201 g/mol. The number of amides is 1. The highest BCUT2D eigenvalue weighted by molar-refractivity contribution is 5.92. The minimum atomic E-state index is -0.620. The fourth-order valence-corrected chi connectivity index (χ4v) is 0.929. The Labute approximate surface area is 84.6 Å². The van der Waals surface area contributed by atoms with Crippen molar-refractivity contribution in [2.75, 3.05) is 19.8 Å². The number of nitrogens with one attached hydrogen (secondary N) is 1. The van der Waals surface area contributed by atoms with Gasteiger partial charge in [0.1, 0.15) is 0 Å². The molecule has 0 unspecified atom stereocenters. The highest BCUT2D eigenvalue weighted by Gasteiger charge is 2.27. The highest BCUT2D eigenvalue weighted by Crippen LogP contribution is 2.18. The van der Waals surface area contributed by atoms with Crippen LogP contribution in [0.3, 0.4) is 0 Å². The summed E-state index contributed by atoms with van der Waals surface area (Å²) in [7, 11) is 0. The van der Waals surface area contributed by atoms with Crippen LogP contribution in [0.15, 0.2) is 12.2 Å². The maximum atomic E-state index is 11.2. The van der Waals surface area contributed by atoms with Crippen molar-refractivity contribution in [1.82, 2.24) is 5.32 Å². The van der Waals surface area contributed by atoms with E-state index in [1.54, 1.807) is 6.92 Å². The molecule has 0 fully saturated rings. The topological polar surface area (TPSA) is 69.6 Å². The molecule has 14 heavy (non-hydrogen) atoms. The van der Waals surface area contributed by atoms with Crippen LogP contribution in [0.5, 0.6) is 0 Å². The van der Waals surface area contributed by atoms with Crippen molar-refractivity contribution >= 4 is 5.91 Å². The van der Waals surface area contributed by atoms with Gasteiger partial charge in [-0.25, -0.2) is 0 Å². The van der Waals surface area contributed by atoms with E-state index >= 15 is 0 Å². The van der Waals surface area contributed by atoms with Gasteiger partial charge in [0, 0.05) is 17.5 Å². The van der Waals surface area contributed by atoms with Crippen molar-refractivity contribution in [3.8, 4) is 0 Å². The van der Waals surface area contributed by atoms with E-state index in [9.17, 15) is 4.79 Å². The van der Waals surface area contributed by atoms with Crippen molar-refractivity contribution in [3.05, 3.63) is 12.2 Å². The van der Waals surface area contributed by atoms with Crippen LogP contribution in [0.25, 0.3) is 0 Å². The fraction of sp³-hybridized carbons (Fsp3) is 0.700. The normalized spacial score (nSPS) is 11.1. The monoisotopic (exact) mass is 201 g/mol. The van der Waals surface area contributed by atoms with E-state index in [0.29, 0.717) is 12.0 Å². The molecule has 0 heterocycles. The number of aliphatic hydroxyl groups excluding tert-OH is 2. The summed E-state index contributed by atoms with van der Waals surface area (Å²) in [5.41, 5.74) is -0.198. The fourth-order valence-electron chi connectivity index (χ4n) is 0.929. The van der Waals surface area contributed by atoms with Gasteiger partial charge in [0.15, 0.2) is 0 Å². The molecule has 0 rings (SSSR count). The van der Waals surface area contributed by atoms with E-state index in [1.165, 1.54) is 0 Å². The summed E-state index contributed by atoms with van der Waals surface area (Å²) in [4.78, 5) is 11.2. The summed E-state index contributed by atoms with van der Waals surface area (Å²) in [6.45, 7) is 6.95. The summed E-state index contributed by atoms with van der Waals surface area (Å²) < 4.78 is 0. The van der Waals surface area contributed by atoms with Crippen molar-refractivity contribution in [1.29, 1.82) is 0 Å². The molecule has 3 N–H and O–H groups in total. The third-order valence-electron chi connectivity index (χ3n) is 2.43. The Morgan fingerprint density at radius 1 is 1.43 bits per heavy atom. The molecule has 0 aromatic heterocycles. The molecule has 0 aromatic carbocycles. The van der Waals surface area contributed by atoms with Gasteiger partial charge in [-0.1, -0.05) is 13.5 Å². The Kier molecular flexibility index (Phi) is 5.42. The Balaban J connectivity index is 4.19. The summed E-state index contributed by atoms with van der Waals surface area (Å²) >= 11 is 0. The van der Waals surface area contributed by atoms with Crippen LogP contribution in [0.1, 0.15) is 20.3 Å². The Morgan fingerprint density at radius 3 is 2.21 bits per heavy atom. The second-order valence-corrected chi connectivity index (χ2v) is 3.63. The van der Waals surface area contributed by atoms with Gasteiger partial charge in [0.25, 0.3) is 0 Å². The maximum absolute atomic E-state index is 11.2. The molecule has 0 saturated carbocycles. The van der Waals surface area contributed by atoms with Crippen LogP contribution >= 0.6 is 0 Å². The van der Waals surface area contributed by atoms with Crippen LogP contribution < -0.4 is 5.32 Å². The van der Waals surface area contributed by atoms with Gasteiger partial charge in [-0.15, -0.1) is 0 Å². The zero-order valence-electron chi connectivity index (χ0n) is 8.84. The van der Waals surface area contributed by atoms with Crippen molar-refractivity contribution < 1.29 is 15.0 Å². The molecule has 0 saturated heterocycles. The van der Waals surface area contributed by atoms with Gasteiger partial charge in [-0.2, -0.15) is 0 Å². The number of carbonyl (C=O) groups is 1. The number of carbonyl (C=O) groups excluding carboxylic acids is 1. The van der Waals surface area contributed by atoms with Gasteiger partial charge in [0.05, 0.1) is 13.2 Å². The molecule has 0 radical (unpaired) electrons. The van der Waals surface area contributed by atoms with Crippen molar-refractivity contribution in [2.24, 2.45) is 5.41 Å². The lowest BCUT2D eigenvalue weighted by Crippen LogP contribution is -2.42. The number of hydrogen-bond acceptors (Lipinski definition) is 3. The molecule has 0 aliphatic heterocycles. The molecule has 0 aromatic rings.